The number of hydrogen-bond donors (Lipinski definition) is 4. The summed E-state index contributed by atoms with van der Waals surface area (Å²) >= 11 is 0. The van der Waals surface area contributed by atoms with E-state index in [1.165, 1.54) is 13.8 Å². The summed E-state index contributed by atoms with van der Waals surface area (Å²) in [7, 11) is 0. The molecule has 0 fully saturated rings. The van der Waals surface area contributed by atoms with Gasteiger partial charge in [0.25, 0.3) is 0 Å². The van der Waals surface area contributed by atoms with Gasteiger partial charge in [0.05, 0.1) is 17.8 Å². The number of hydrogen-bond acceptors (Lipinski definition) is 4. The van der Waals surface area contributed by atoms with E-state index in [4.69, 9.17) is 10.2 Å². The SMILES string of the molecule is CC(O)CC(O)(CCO)C(C)O. The van der Waals surface area contributed by atoms with Gasteiger partial charge in [0, 0.05) is 19.4 Å². The average Bonchev–Trinajstić information content (AvgIpc) is 1.85. The molecule has 74 valence electrons. The molecule has 0 aliphatic carbocycles. The molecular weight excluding hydrogens is 160 g/mol. The summed E-state index contributed by atoms with van der Waals surface area (Å²) in [4.78, 5) is 0. The first-order valence-electron chi connectivity index (χ1n) is 4.11. The summed E-state index contributed by atoms with van der Waals surface area (Å²) in [5.74, 6) is 0. The highest BCUT2D eigenvalue weighted by molar-refractivity contribution is 4.85. The molecular formula is C8H18O4. The lowest BCUT2D eigenvalue weighted by molar-refractivity contribution is -0.101. The first-order valence-corrected chi connectivity index (χ1v) is 4.11. The van der Waals surface area contributed by atoms with E-state index in [0.717, 1.165) is 0 Å². The second-order valence-electron chi connectivity index (χ2n) is 3.31. The van der Waals surface area contributed by atoms with E-state index in [9.17, 15) is 10.2 Å². The molecule has 0 amide bonds. The third-order valence-electron chi connectivity index (χ3n) is 1.97. The minimum absolute atomic E-state index is 0.0746. The van der Waals surface area contributed by atoms with Crippen LogP contribution in [0.3, 0.4) is 0 Å². The highest BCUT2D eigenvalue weighted by Crippen LogP contribution is 2.21. The Hall–Kier alpha value is -0.160. The lowest BCUT2D eigenvalue weighted by Gasteiger charge is -2.31. The molecule has 0 aromatic heterocycles. The van der Waals surface area contributed by atoms with Crippen molar-refractivity contribution in [2.24, 2.45) is 0 Å². The molecule has 4 nitrogen and oxygen atoms in total. The Morgan fingerprint density at radius 3 is 2.00 bits per heavy atom. The second-order valence-corrected chi connectivity index (χ2v) is 3.31. The number of rotatable bonds is 5. The van der Waals surface area contributed by atoms with Gasteiger partial charge in [0.1, 0.15) is 0 Å². The van der Waals surface area contributed by atoms with Crippen molar-refractivity contribution in [1.82, 2.24) is 0 Å². The zero-order chi connectivity index (χ0) is 9.78. The molecule has 0 aliphatic heterocycles. The van der Waals surface area contributed by atoms with E-state index in [1.807, 2.05) is 0 Å². The van der Waals surface area contributed by atoms with Gasteiger partial charge in [0.15, 0.2) is 0 Å². The maximum Gasteiger partial charge on any atom is 0.0948 e. The Balaban J connectivity index is 4.18. The molecule has 4 heteroatoms. The lowest BCUT2D eigenvalue weighted by atomic mass is 9.88. The Morgan fingerprint density at radius 2 is 1.75 bits per heavy atom. The monoisotopic (exact) mass is 178 g/mol. The zero-order valence-corrected chi connectivity index (χ0v) is 7.56. The highest BCUT2D eigenvalue weighted by Gasteiger charge is 2.33. The third kappa shape index (κ3) is 3.49. The molecule has 0 heterocycles. The van der Waals surface area contributed by atoms with Crippen LogP contribution in [0.4, 0.5) is 0 Å². The van der Waals surface area contributed by atoms with Crippen molar-refractivity contribution in [1.29, 1.82) is 0 Å². The summed E-state index contributed by atoms with van der Waals surface area (Å²) in [6.07, 6.45) is -1.48. The van der Waals surface area contributed by atoms with E-state index in [2.05, 4.69) is 0 Å². The number of aliphatic hydroxyl groups is 4. The molecule has 0 radical (unpaired) electrons. The van der Waals surface area contributed by atoms with Gasteiger partial charge in [-0.15, -0.1) is 0 Å². The molecule has 0 bridgehead atoms. The van der Waals surface area contributed by atoms with Gasteiger partial charge in [-0.3, -0.25) is 0 Å². The number of aliphatic hydroxyl groups excluding tert-OH is 3. The first-order chi connectivity index (χ1) is 5.42. The molecule has 0 spiro atoms. The molecule has 0 saturated carbocycles. The standard InChI is InChI=1S/C8H18O4/c1-6(10)5-8(12,3-4-9)7(2)11/h6-7,9-12H,3-5H2,1-2H3. The van der Waals surface area contributed by atoms with Gasteiger partial charge in [-0.1, -0.05) is 0 Å². The van der Waals surface area contributed by atoms with Crippen LogP contribution < -0.4 is 0 Å². The lowest BCUT2D eigenvalue weighted by Crippen LogP contribution is -2.43. The van der Waals surface area contributed by atoms with Crippen LogP contribution in [0.1, 0.15) is 26.7 Å². The van der Waals surface area contributed by atoms with Crippen molar-refractivity contribution >= 4 is 0 Å². The van der Waals surface area contributed by atoms with Gasteiger partial charge < -0.3 is 20.4 Å². The maximum absolute atomic E-state index is 9.69. The van der Waals surface area contributed by atoms with Gasteiger partial charge in [-0.25, -0.2) is 0 Å². The molecule has 3 atom stereocenters. The average molecular weight is 178 g/mol. The Labute approximate surface area is 72.5 Å². The normalized spacial score (nSPS) is 21.5. The van der Waals surface area contributed by atoms with Crippen LogP contribution in [0.2, 0.25) is 0 Å². The van der Waals surface area contributed by atoms with Crippen molar-refractivity contribution in [3.05, 3.63) is 0 Å². The quantitative estimate of drug-likeness (QED) is 0.446. The zero-order valence-electron chi connectivity index (χ0n) is 7.56. The van der Waals surface area contributed by atoms with Gasteiger partial charge >= 0.3 is 0 Å². The predicted molar refractivity (Wildman–Crippen MR) is 44.6 cm³/mol. The Kier molecular flexibility index (Phi) is 4.70. The summed E-state index contributed by atoms with van der Waals surface area (Å²) in [6, 6.07) is 0. The van der Waals surface area contributed by atoms with Crippen LogP contribution in [0.25, 0.3) is 0 Å². The summed E-state index contributed by atoms with van der Waals surface area (Å²) < 4.78 is 0. The van der Waals surface area contributed by atoms with Crippen molar-refractivity contribution in [3.63, 3.8) is 0 Å². The smallest absolute Gasteiger partial charge is 0.0948 e. The Bertz CT molecular complexity index is 124. The van der Waals surface area contributed by atoms with E-state index >= 15 is 0 Å². The van der Waals surface area contributed by atoms with Crippen LogP contribution in [-0.4, -0.2) is 44.8 Å². The van der Waals surface area contributed by atoms with Crippen LogP contribution in [-0.2, 0) is 0 Å². The molecule has 0 aromatic rings. The summed E-state index contributed by atoms with van der Waals surface area (Å²) in [5, 5.41) is 36.5. The highest BCUT2D eigenvalue weighted by atomic mass is 16.3. The Morgan fingerprint density at radius 1 is 1.25 bits per heavy atom. The largest absolute Gasteiger partial charge is 0.396 e. The van der Waals surface area contributed by atoms with E-state index in [-0.39, 0.29) is 19.4 Å². The molecule has 0 aromatic carbocycles. The fourth-order valence-corrected chi connectivity index (χ4v) is 1.19. The van der Waals surface area contributed by atoms with Crippen molar-refractivity contribution in [3.8, 4) is 0 Å². The van der Waals surface area contributed by atoms with Crippen LogP contribution >= 0.6 is 0 Å². The third-order valence-corrected chi connectivity index (χ3v) is 1.97. The maximum atomic E-state index is 9.69. The van der Waals surface area contributed by atoms with Gasteiger partial charge in [-0.05, 0) is 13.8 Å². The summed E-state index contributed by atoms with van der Waals surface area (Å²) in [5.41, 5.74) is -1.37. The van der Waals surface area contributed by atoms with E-state index in [0.29, 0.717) is 0 Å². The minimum atomic E-state index is -1.37. The summed E-state index contributed by atoms with van der Waals surface area (Å²) in [6.45, 7) is 2.77. The second kappa shape index (κ2) is 4.77. The minimum Gasteiger partial charge on any atom is -0.396 e. The van der Waals surface area contributed by atoms with E-state index in [1.54, 1.807) is 0 Å². The fraction of sp³-hybridized carbons (Fsp3) is 1.00. The molecule has 12 heavy (non-hydrogen) atoms. The van der Waals surface area contributed by atoms with Crippen LogP contribution in [0.15, 0.2) is 0 Å². The molecule has 0 aliphatic rings. The van der Waals surface area contributed by atoms with Crippen molar-refractivity contribution in [2.45, 2.75) is 44.5 Å². The first kappa shape index (κ1) is 11.8. The van der Waals surface area contributed by atoms with Gasteiger partial charge in [0.2, 0.25) is 0 Å². The van der Waals surface area contributed by atoms with Gasteiger partial charge in [-0.2, -0.15) is 0 Å². The predicted octanol–water partition coefficient (Wildman–Crippen LogP) is -0.748. The molecule has 0 rings (SSSR count). The van der Waals surface area contributed by atoms with Crippen molar-refractivity contribution in [2.75, 3.05) is 6.61 Å². The van der Waals surface area contributed by atoms with Crippen LogP contribution in [0.5, 0.6) is 0 Å². The van der Waals surface area contributed by atoms with E-state index < -0.39 is 17.8 Å². The molecule has 0 saturated heterocycles. The fourth-order valence-electron chi connectivity index (χ4n) is 1.19. The molecule has 4 N–H and O–H groups in total. The van der Waals surface area contributed by atoms with Crippen molar-refractivity contribution < 1.29 is 20.4 Å². The molecule has 3 unspecified atom stereocenters. The van der Waals surface area contributed by atoms with Crippen LogP contribution in [0, 0.1) is 0 Å². The topological polar surface area (TPSA) is 80.9 Å².